The predicted molar refractivity (Wildman–Crippen MR) is 53.7 cm³/mol. The van der Waals surface area contributed by atoms with Crippen molar-refractivity contribution in [1.82, 2.24) is 16.0 Å². The molecule has 3 amide bonds. The molecule has 0 rings (SSSR count). The molecule has 0 saturated heterocycles. The number of hydrogen-bond acceptors (Lipinski definition) is 4. The van der Waals surface area contributed by atoms with Gasteiger partial charge in [0.2, 0.25) is 5.91 Å². The van der Waals surface area contributed by atoms with Crippen LogP contribution in [0, 0.1) is 0 Å². The number of aliphatic carboxylic acids is 1. The Hall–Kier alpha value is -1.83. The van der Waals surface area contributed by atoms with Crippen molar-refractivity contribution in [3.63, 3.8) is 0 Å². The second kappa shape index (κ2) is 6.62. The molecule has 0 aromatic heterocycles. The molecule has 0 bridgehead atoms. The van der Waals surface area contributed by atoms with Crippen molar-refractivity contribution in [2.45, 2.75) is 19.1 Å². The largest absolute Gasteiger partial charge is 0.480 e. The number of urea groups is 1. The van der Waals surface area contributed by atoms with E-state index >= 15 is 0 Å². The molecule has 0 fully saturated rings. The zero-order valence-electron chi connectivity index (χ0n) is 8.98. The summed E-state index contributed by atoms with van der Waals surface area (Å²) in [5.74, 6) is -1.77. The molecule has 0 radical (unpaired) electrons. The van der Waals surface area contributed by atoms with E-state index in [4.69, 9.17) is 10.2 Å². The van der Waals surface area contributed by atoms with Crippen LogP contribution in [-0.4, -0.2) is 53.9 Å². The Kier molecular flexibility index (Phi) is 5.86. The number of carboxylic acid groups (broad SMARTS) is 1. The third-order valence-corrected chi connectivity index (χ3v) is 1.72. The van der Waals surface area contributed by atoms with Crippen LogP contribution in [0.1, 0.15) is 6.92 Å². The Bertz CT molecular complexity index is 279. The van der Waals surface area contributed by atoms with Gasteiger partial charge in [-0.05, 0) is 6.92 Å². The minimum absolute atomic E-state index is 0.269. The van der Waals surface area contributed by atoms with Gasteiger partial charge < -0.3 is 26.2 Å². The maximum absolute atomic E-state index is 11.1. The summed E-state index contributed by atoms with van der Waals surface area (Å²) < 4.78 is 0. The number of carbonyl (C=O) groups is 3. The maximum Gasteiger partial charge on any atom is 0.328 e. The van der Waals surface area contributed by atoms with Gasteiger partial charge >= 0.3 is 12.0 Å². The summed E-state index contributed by atoms with van der Waals surface area (Å²) >= 11 is 0. The SMILES string of the molecule is CNC(=O)CNC(=O)N[C@H](C(=O)O)[C@@H](C)O. The lowest BCUT2D eigenvalue weighted by Crippen LogP contribution is -2.52. The quantitative estimate of drug-likeness (QED) is 0.370. The normalized spacial score (nSPS) is 13.4. The number of carbonyl (C=O) groups excluding carboxylic acids is 2. The maximum atomic E-state index is 11.1. The Morgan fingerprint density at radius 2 is 1.88 bits per heavy atom. The molecular weight excluding hydrogens is 218 g/mol. The monoisotopic (exact) mass is 233 g/mol. The Morgan fingerprint density at radius 1 is 1.31 bits per heavy atom. The Balaban J connectivity index is 4.11. The summed E-state index contributed by atoms with van der Waals surface area (Å²) in [6.45, 7) is 0.965. The summed E-state index contributed by atoms with van der Waals surface area (Å²) in [4.78, 5) is 32.4. The van der Waals surface area contributed by atoms with Gasteiger partial charge in [0.1, 0.15) is 0 Å². The summed E-state index contributed by atoms with van der Waals surface area (Å²) in [5, 5.41) is 24.1. The fourth-order valence-corrected chi connectivity index (χ4v) is 0.830. The minimum Gasteiger partial charge on any atom is -0.480 e. The van der Waals surface area contributed by atoms with E-state index in [0.717, 1.165) is 0 Å². The highest BCUT2D eigenvalue weighted by atomic mass is 16.4. The summed E-state index contributed by atoms with van der Waals surface area (Å²) in [7, 11) is 1.40. The van der Waals surface area contributed by atoms with Crippen molar-refractivity contribution in [1.29, 1.82) is 0 Å². The molecule has 2 atom stereocenters. The van der Waals surface area contributed by atoms with Crippen LogP contribution in [-0.2, 0) is 9.59 Å². The number of aliphatic hydroxyl groups excluding tert-OH is 1. The molecule has 0 aliphatic carbocycles. The van der Waals surface area contributed by atoms with Gasteiger partial charge in [-0.15, -0.1) is 0 Å². The molecular formula is C8H15N3O5. The van der Waals surface area contributed by atoms with Gasteiger partial charge in [0, 0.05) is 7.05 Å². The highest BCUT2D eigenvalue weighted by molar-refractivity contribution is 5.86. The molecule has 8 heteroatoms. The first-order valence-corrected chi connectivity index (χ1v) is 4.54. The van der Waals surface area contributed by atoms with Crippen LogP contribution in [0.5, 0.6) is 0 Å². The number of hydrogen-bond donors (Lipinski definition) is 5. The summed E-state index contributed by atoms with van der Waals surface area (Å²) in [5.41, 5.74) is 0. The van der Waals surface area contributed by atoms with Gasteiger partial charge in [0.15, 0.2) is 6.04 Å². The first kappa shape index (κ1) is 14.2. The van der Waals surface area contributed by atoms with E-state index in [2.05, 4.69) is 10.6 Å². The number of amides is 3. The van der Waals surface area contributed by atoms with Crippen LogP contribution in [0.3, 0.4) is 0 Å². The standard InChI is InChI=1S/C8H15N3O5/c1-4(12)6(7(14)15)11-8(16)10-3-5(13)9-2/h4,6,12H,3H2,1-2H3,(H,9,13)(H,14,15)(H2,10,11,16)/t4-,6+/m1/s1. The first-order chi connectivity index (χ1) is 7.38. The number of likely N-dealkylation sites (N-methyl/N-ethyl adjacent to an activating group) is 1. The van der Waals surface area contributed by atoms with Gasteiger partial charge in [-0.1, -0.05) is 0 Å². The molecule has 8 nitrogen and oxygen atoms in total. The number of rotatable bonds is 5. The molecule has 0 aromatic carbocycles. The van der Waals surface area contributed by atoms with Crippen LogP contribution < -0.4 is 16.0 Å². The van der Waals surface area contributed by atoms with Gasteiger partial charge in [0.25, 0.3) is 0 Å². The van der Waals surface area contributed by atoms with Crippen molar-refractivity contribution < 1.29 is 24.6 Å². The smallest absolute Gasteiger partial charge is 0.328 e. The highest BCUT2D eigenvalue weighted by Gasteiger charge is 2.24. The number of aliphatic hydroxyl groups is 1. The molecule has 16 heavy (non-hydrogen) atoms. The third kappa shape index (κ3) is 5.15. The van der Waals surface area contributed by atoms with E-state index in [9.17, 15) is 14.4 Å². The van der Waals surface area contributed by atoms with E-state index in [1.807, 2.05) is 5.32 Å². The van der Waals surface area contributed by atoms with Gasteiger partial charge in [-0.3, -0.25) is 4.79 Å². The average Bonchev–Trinajstić information content (AvgIpc) is 2.21. The van der Waals surface area contributed by atoms with Crippen molar-refractivity contribution in [2.75, 3.05) is 13.6 Å². The molecule has 0 unspecified atom stereocenters. The minimum atomic E-state index is -1.41. The van der Waals surface area contributed by atoms with Crippen LogP contribution >= 0.6 is 0 Å². The van der Waals surface area contributed by atoms with Gasteiger partial charge in [-0.2, -0.15) is 0 Å². The lowest BCUT2D eigenvalue weighted by Gasteiger charge is -2.17. The fourth-order valence-electron chi connectivity index (χ4n) is 0.830. The van der Waals surface area contributed by atoms with Crippen molar-refractivity contribution in [2.24, 2.45) is 0 Å². The predicted octanol–water partition coefficient (Wildman–Crippen LogP) is -2.13. The van der Waals surface area contributed by atoms with Crippen LogP contribution in [0.4, 0.5) is 4.79 Å². The van der Waals surface area contributed by atoms with Gasteiger partial charge in [0.05, 0.1) is 12.6 Å². The number of carboxylic acids is 1. The van der Waals surface area contributed by atoms with Crippen molar-refractivity contribution in [3.8, 4) is 0 Å². The zero-order valence-corrected chi connectivity index (χ0v) is 8.98. The topological polar surface area (TPSA) is 128 Å². The van der Waals surface area contributed by atoms with E-state index in [-0.39, 0.29) is 6.54 Å². The summed E-state index contributed by atoms with van der Waals surface area (Å²) in [6.07, 6.45) is -1.23. The number of nitrogens with one attached hydrogen (secondary N) is 3. The molecule has 0 spiro atoms. The molecule has 0 heterocycles. The van der Waals surface area contributed by atoms with Crippen LogP contribution in [0.15, 0.2) is 0 Å². The fraction of sp³-hybridized carbons (Fsp3) is 0.625. The first-order valence-electron chi connectivity index (χ1n) is 4.54. The molecule has 5 N–H and O–H groups in total. The van der Waals surface area contributed by atoms with Crippen molar-refractivity contribution >= 4 is 17.9 Å². The highest BCUT2D eigenvalue weighted by Crippen LogP contribution is 1.92. The Labute approximate surface area is 92.0 Å². The van der Waals surface area contributed by atoms with E-state index in [1.165, 1.54) is 14.0 Å². The van der Waals surface area contributed by atoms with Crippen LogP contribution in [0.25, 0.3) is 0 Å². The Morgan fingerprint density at radius 3 is 2.25 bits per heavy atom. The lowest BCUT2D eigenvalue weighted by molar-refractivity contribution is -0.141. The zero-order chi connectivity index (χ0) is 12.7. The van der Waals surface area contributed by atoms with E-state index in [1.54, 1.807) is 0 Å². The summed E-state index contributed by atoms with van der Waals surface area (Å²) in [6, 6.07) is -2.25. The van der Waals surface area contributed by atoms with E-state index < -0.39 is 30.1 Å². The molecule has 0 aliphatic rings. The van der Waals surface area contributed by atoms with E-state index in [0.29, 0.717) is 0 Å². The molecule has 92 valence electrons. The molecule has 0 aliphatic heterocycles. The molecule has 0 aromatic rings. The second-order valence-corrected chi connectivity index (χ2v) is 3.06. The third-order valence-electron chi connectivity index (χ3n) is 1.72. The lowest BCUT2D eigenvalue weighted by atomic mass is 10.2. The van der Waals surface area contributed by atoms with Gasteiger partial charge in [-0.25, -0.2) is 9.59 Å². The molecule has 0 saturated carbocycles. The average molecular weight is 233 g/mol. The second-order valence-electron chi connectivity index (χ2n) is 3.06. The van der Waals surface area contributed by atoms with Crippen LogP contribution in [0.2, 0.25) is 0 Å². The van der Waals surface area contributed by atoms with Crippen molar-refractivity contribution in [3.05, 3.63) is 0 Å².